The summed E-state index contributed by atoms with van der Waals surface area (Å²) in [6, 6.07) is 4.43. The highest BCUT2D eigenvalue weighted by molar-refractivity contribution is 6.31. The number of rotatable bonds is 5. The van der Waals surface area contributed by atoms with Crippen LogP contribution in [-0.2, 0) is 17.5 Å². The molecule has 1 atom stereocenters. The number of aromatic nitrogens is 4. The van der Waals surface area contributed by atoms with Gasteiger partial charge in [-0.3, -0.25) is 14.2 Å². The Hall–Kier alpha value is -2.81. The number of anilines is 1. The van der Waals surface area contributed by atoms with Crippen LogP contribution in [0.5, 0.6) is 0 Å². The zero-order chi connectivity index (χ0) is 20.5. The third-order valence-electron chi connectivity index (χ3n) is 4.23. The van der Waals surface area contributed by atoms with Crippen molar-refractivity contribution >= 4 is 23.2 Å². The Morgan fingerprint density at radius 3 is 2.68 bits per heavy atom. The van der Waals surface area contributed by atoms with E-state index in [-0.39, 0.29) is 12.5 Å². The van der Waals surface area contributed by atoms with E-state index in [0.29, 0.717) is 22.0 Å². The normalized spacial score (nSPS) is 12.8. The minimum atomic E-state index is -4.40. The van der Waals surface area contributed by atoms with Crippen LogP contribution in [0.25, 0.3) is 0 Å². The third kappa shape index (κ3) is 4.36. The molecular formula is C18H17ClF3N5O. The quantitative estimate of drug-likeness (QED) is 0.680. The van der Waals surface area contributed by atoms with Crippen LogP contribution in [0, 0.1) is 6.92 Å². The monoisotopic (exact) mass is 411 g/mol. The Kier molecular flexibility index (Phi) is 5.46. The Labute approximate surface area is 163 Å². The summed E-state index contributed by atoms with van der Waals surface area (Å²) in [4.78, 5) is 12.4. The smallest absolute Gasteiger partial charge is 0.322 e. The summed E-state index contributed by atoms with van der Waals surface area (Å²) >= 11 is 5.96. The molecule has 1 aromatic carbocycles. The molecule has 2 heterocycles. The lowest BCUT2D eigenvalue weighted by atomic mass is 10.1. The number of benzene rings is 1. The molecule has 3 aromatic rings. The van der Waals surface area contributed by atoms with Gasteiger partial charge in [0.1, 0.15) is 6.04 Å². The fourth-order valence-electron chi connectivity index (χ4n) is 2.70. The van der Waals surface area contributed by atoms with Crippen LogP contribution in [0.1, 0.15) is 29.8 Å². The van der Waals surface area contributed by atoms with Crippen LogP contribution in [0.4, 0.5) is 18.9 Å². The number of hydrogen-bond donors (Lipinski definition) is 1. The van der Waals surface area contributed by atoms with Crippen molar-refractivity contribution in [2.24, 2.45) is 0 Å². The minimum absolute atomic E-state index is 0.142. The van der Waals surface area contributed by atoms with Gasteiger partial charge in [-0.1, -0.05) is 23.7 Å². The standard InChI is InChI=1S/C18H17ClF3N5O/c1-11-16(19)8-24-27(11)12(2)17(28)25-15-7-23-26(10-15)9-13-4-3-5-14(6-13)18(20,21)22/h3-8,10,12H,9H2,1-2H3,(H,25,28). The summed E-state index contributed by atoms with van der Waals surface area (Å²) < 4.78 is 41.4. The molecule has 0 saturated carbocycles. The van der Waals surface area contributed by atoms with E-state index in [1.807, 2.05) is 0 Å². The van der Waals surface area contributed by atoms with Crippen molar-refractivity contribution in [3.8, 4) is 0 Å². The zero-order valence-corrected chi connectivity index (χ0v) is 15.8. The maximum Gasteiger partial charge on any atom is 0.416 e. The van der Waals surface area contributed by atoms with Gasteiger partial charge >= 0.3 is 6.18 Å². The first-order valence-electron chi connectivity index (χ1n) is 8.34. The number of carbonyl (C=O) groups excluding carboxylic acids is 1. The Bertz CT molecular complexity index is 995. The van der Waals surface area contributed by atoms with Gasteiger partial charge in [-0.2, -0.15) is 23.4 Å². The van der Waals surface area contributed by atoms with E-state index in [2.05, 4.69) is 15.5 Å². The highest BCUT2D eigenvalue weighted by Crippen LogP contribution is 2.29. The average Bonchev–Trinajstić information content (AvgIpc) is 3.20. The highest BCUT2D eigenvalue weighted by atomic mass is 35.5. The van der Waals surface area contributed by atoms with E-state index in [4.69, 9.17) is 11.6 Å². The van der Waals surface area contributed by atoms with E-state index >= 15 is 0 Å². The molecule has 10 heteroatoms. The lowest BCUT2D eigenvalue weighted by Gasteiger charge is -2.13. The second kappa shape index (κ2) is 7.67. The molecule has 0 aliphatic carbocycles. The minimum Gasteiger partial charge on any atom is -0.322 e. The van der Waals surface area contributed by atoms with Crippen molar-refractivity contribution in [1.82, 2.24) is 19.6 Å². The van der Waals surface area contributed by atoms with Crippen molar-refractivity contribution in [1.29, 1.82) is 0 Å². The SMILES string of the molecule is Cc1c(Cl)cnn1C(C)C(=O)Nc1cnn(Cc2cccc(C(F)(F)F)c2)c1. The summed E-state index contributed by atoms with van der Waals surface area (Å²) in [6.45, 7) is 3.58. The lowest BCUT2D eigenvalue weighted by molar-refractivity contribution is -0.137. The van der Waals surface area contributed by atoms with Crippen LogP contribution in [0.2, 0.25) is 5.02 Å². The van der Waals surface area contributed by atoms with Gasteiger partial charge in [0.15, 0.2) is 0 Å². The van der Waals surface area contributed by atoms with Gasteiger partial charge in [0.2, 0.25) is 5.91 Å². The predicted molar refractivity (Wildman–Crippen MR) is 98.1 cm³/mol. The molecular weight excluding hydrogens is 395 g/mol. The summed E-state index contributed by atoms with van der Waals surface area (Å²) in [5.74, 6) is -0.318. The van der Waals surface area contributed by atoms with E-state index in [0.717, 1.165) is 12.1 Å². The average molecular weight is 412 g/mol. The topological polar surface area (TPSA) is 64.7 Å². The molecule has 0 radical (unpaired) electrons. The van der Waals surface area contributed by atoms with Crippen LogP contribution in [0.15, 0.2) is 42.9 Å². The molecule has 0 aliphatic heterocycles. The largest absolute Gasteiger partial charge is 0.416 e. The molecule has 0 fully saturated rings. The van der Waals surface area contributed by atoms with E-state index < -0.39 is 17.8 Å². The molecule has 2 aromatic heterocycles. The number of halogens is 4. The Morgan fingerprint density at radius 2 is 2.04 bits per heavy atom. The highest BCUT2D eigenvalue weighted by Gasteiger charge is 2.30. The van der Waals surface area contributed by atoms with E-state index in [1.54, 1.807) is 26.1 Å². The Balaban J connectivity index is 1.67. The zero-order valence-electron chi connectivity index (χ0n) is 15.0. The summed E-state index contributed by atoms with van der Waals surface area (Å²) in [6.07, 6.45) is 0.0473. The summed E-state index contributed by atoms with van der Waals surface area (Å²) in [5, 5.41) is 11.3. The first-order valence-corrected chi connectivity index (χ1v) is 8.72. The second-order valence-electron chi connectivity index (χ2n) is 6.31. The van der Waals surface area contributed by atoms with Crippen LogP contribution < -0.4 is 5.32 Å². The molecule has 6 nitrogen and oxygen atoms in total. The molecule has 1 unspecified atom stereocenters. The van der Waals surface area contributed by atoms with Gasteiger partial charge in [0.25, 0.3) is 0 Å². The number of nitrogens with one attached hydrogen (secondary N) is 1. The van der Waals surface area contributed by atoms with Gasteiger partial charge in [-0.15, -0.1) is 0 Å². The Morgan fingerprint density at radius 1 is 1.29 bits per heavy atom. The van der Waals surface area contributed by atoms with Gasteiger partial charge in [-0.25, -0.2) is 0 Å². The molecule has 148 valence electrons. The fraction of sp³-hybridized carbons (Fsp3) is 0.278. The number of nitrogens with zero attached hydrogens (tertiary/aromatic N) is 4. The number of hydrogen-bond acceptors (Lipinski definition) is 3. The number of amides is 1. The summed E-state index contributed by atoms with van der Waals surface area (Å²) in [5.41, 5.74) is 0.836. The van der Waals surface area contributed by atoms with Gasteiger partial charge in [0, 0.05) is 6.20 Å². The number of carbonyl (C=O) groups is 1. The first kappa shape index (κ1) is 19.9. The molecule has 0 saturated heterocycles. The third-order valence-corrected chi connectivity index (χ3v) is 4.60. The lowest BCUT2D eigenvalue weighted by Crippen LogP contribution is -2.25. The van der Waals surface area contributed by atoms with Crippen molar-refractivity contribution in [3.63, 3.8) is 0 Å². The number of alkyl halides is 3. The molecule has 3 rings (SSSR count). The van der Waals surface area contributed by atoms with Gasteiger partial charge < -0.3 is 5.32 Å². The van der Waals surface area contributed by atoms with Crippen molar-refractivity contribution in [3.05, 3.63) is 64.7 Å². The fourth-order valence-corrected chi connectivity index (χ4v) is 2.83. The van der Waals surface area contributed by atoms with Gasteiger partial charge in [-0.05, 0) is 31.5 Å². The first-order chi connectivity index (χ1) is 13.1. The molecule has 28 heavy (non-hydrogen) atoms. The van der Waals surface area contributed by atoms with Gasteiger partial charge in [0.05, 0.1) is 40.9 Å². The van der Waals surface area contributed by atoms with Crippen molar-refractivity contribution in [2.45, 2.75) is 32.6 Å². The van der Waals surface area contributed by atoms with Crippen LogP contribution in [0.3, 0.4) is 0 Å². The van der Waals surface area contributed by atoms with Crippen molar-refractivity contribution in [2.75, 3.05) is 5.32 Å². The van der Waals surface area contributed by atoms with E-state index in [1.165, 1.54) is 27.8 Å². The molecule has 0 aliphatic rings. The van der Waals surface area contributed by atoms with Crippen LogP contribution >= 0.6 is 11.6 Å². The maximum atomic E-state index is 12.8. The molecule has 1 N–H and O–H groups in total. The second-order valence-corrected chi connectivity index (χ2v) is 6.72. The van der Waals surface area contributed by atoms with Crippen molar-refractivity contribution < 1.29 is 18.0 Å². The predicted octanol–water partition coefficient (Wildman–Crippen LogP) is 4.31. The van der Waals surface area contributed by atoms with E-state index in [9.17, 15) is 18.0 Å². The molecule has 0 bridgehead atoms. The summed E-state index contributed by atoms with van der Waals surface area (Å²) in [7, 11) is 0. The molecule has 0 spiro atoms. The van der Waals surface area contributed by atoms with Crippen LogP contribution in [-0.4, -0.2) is 25.5 Å². The maximum absolute atomic E-state index is 12.8. The molecule has 1 amide bonds.